The number of hydrogen-bond donors (Lipinski definition) is 3. The number of carbonyl (C=O) groups is 1. The van der Waals surface area contributed by atoms with Crippen LogP contribution in [0, 0.1) is 13.8 Å². The van der Waals surface area contributed by atoms with Crippen molar-refractivity contribution in [2.75, 3.05) is 23.3 Å². The van der Waals surface area contributed by atoms with E-state index in [1.807, 2.05) is 62.6 Å². The smallest absolute Gasteiger partial charge is 0.277 e. The molecule has 2 aliphatic heterocycles. The van der Waals surface area contributed by atoms with Gasteiger partial charge in [0, 0.05) is 60.5 Å². The summed E-state index contributed by atoms with van der Waals surface area (Å²) in [5.41, 5.74) is 9.30. The number of hydrogen-bond acceptors (Lipinski definition) is 7. The summed E-state index contributed by atoms with van der Waals surface area (Å²) < 4.78 is 1.80. The predicted octanol–water partition coefficient (Wildman–Crippen LogP) is 4.65. The number of aromatic nitrogens is 6. The van der Waals surface area contributed by atoms with Crippen LogP contribution >= 0.6 is 0 Å². The van der Waals surface area contributed by atoms with Crippen LogP contribution in [0.5, 0.6) is 0 Å². The third-order valence-electron chi connectivity index (χ3n) is 7.74. The molecule has 0 saturated heterocycles. The van der Waals surface area contributed by atoms with Crippen molar-refractivity contribution >= 4 is 39.8 Å². The lowest BCUT2D eigenvalue weighted by atomic mass is 10.00. The van der Waals surface area contributed by atoms with Crippen molar-refractivity contribution in [3.05, 3.63) is 83.1 Å². The van der Waals surface area contributed by atoms with Crippen molar-refractivity contribution in [1.29, 1.82) is 0 Å². The predicted molar refractivity (Wildman–Crippen MR) is 156 cm³/mol. The molecule has 0 aliphatic carbocycles. The number of benzene rings is 1. The highest BCUT2D eigenvalue weighted by Gasteiger charge is 2.32. The van der Waals surface area contributed by atoms with Gasteiger partial charge in [-0.25, -0.2) is 9.97 Å². The van der Waals surface area contributed by atoms with Crippen LogP contribution < -0.4 is 15.5 Å². The van der Waals surface area contributed by atoms with Gasteiger partial charge < -0.3 is 20.5 Å². The molecule has 0 spiro atoms. The summed E-state index contributed by atoms with van der Waals surface area (Å²) in [6, 6.07) is 10.1. The van der Waals surface area contributed by atoms with Gasteiger partial charge in [0.2, 0.25) is 5.95 Å². The highest BCUT2D eigenvalue weighted by molar-refractivity contribution is 6.13. The van der Waals surface area contributed by atoms with Crippen LogP contribution in [0.4, 0.5) is 17.5 Å². The maximum Gasteiger partial charge on any atom is 0.277 e. The van der Waals surface area contributed by atoms with Crippen LogP contribution in [0.1, 0.15) is 39.3 Å². The monoisotopic (exact) mass is 531 g/mol. The second-order valence-electron chi connectivity index (χ2n) is 10.4. The lowest BCUT2D eigenvalue weighted by molar-refractivity contribution is 0.0992. The molecule has 6 heterocycles. The first-order valence-corrected chi connectivity index (χ1v) is 13.4. The number of rotatable bonds is 5. The number of nitrogens with zero attached hydrogens (tertiary/aromatic N) is 6. The molecule has 5 aromatic rings. The quantitative estimate of drug-likeness (QED) is 0.302. The Bertz CT molecular complexity index is 1810. The maximum atomic E-state index is 13.5. The van der Waals surface area contributed by atoms with E-state index in [-0.39, 0.29) is 5.91 Å². The molecule has 7 rings (SSSR count). The van der Waals surface area contributed by atoms with Crippen LogP contribution in [-0.4, -0.2) is 48.7 Å². The normalized spacial score (nSPS) is 15.0. The highest BCUT2D eigenvalue weighted by Crippen LogP contribution is 2.38. The molecule has 10 nitrogen and oxygen atoms in total. The van der Waals surface area contributed by atoms with Gasteiger partial charge in [0.15, 0.2) is 5.82 Å². The molecule has 1 aromatic carbocycles. The molecule has 0 unspecified atom stereocenters. The molecular formula is C30H29N9O. The summed E-state index contributed by atoms with van der Waals surface area (Å²) in [6.45, 7) is 6.29. The van der Waals surface area contributed by atoms with Crippen molar-refractivity contribution in [3.8, 4) is 11.3 Å². The summed E-state index contributed by atoms with van der Waals surface area (Å²) >= 11 is 0. The van der Waals surface area contributed by atoms with Crippen molar-refractivity contribution in [2.45, 2.75) is 26.8 Å². The van der Waals surface area contributed by atoms with Gasteiger partial charge in [-0.05, 0) is 55.6 Å². The number of aryl methyl sites for hydroxylation is 3. The van der Waals surface area contributed by atoms with E-state index in [4.69, 9.17) is 4.98 Å². The molecule has 4 aromatic heterocycles. The first kappa shape index (κ1) is 24.2. The van der Waals surface area contributed by atoms with Crippen LogP contribution in [0.15, 0.2) is 55.0 Å². The summed E-state index contributed by atoms with van der Waals surface area (Å²) in [5, 5.41) is 12.0. The molecule has 0 atom stereocenters. The molecule has 200 valence electrons. The zero-order valence-corrected chi connectivity index (χ0v) is 22.6. The molecule has 10 heteroatoms. The Labute approximate surface area is 231 Å². The Morgan fingerprint density at radius 2 is 1.98 bits per heavy atom. The van der Waals surface area contributed by atoms with E-state index in [1.165, 1.54) is 5.57 Å². The minimum atomic E-state index is -0.0835. The number of amides is 1. The molecule has 2 aliphatic rings. The van der Waals surface area contributed by atoms with Gasteiger partial charge in [-0.2, -0.15) is 5.10 Å². The van der Waals surface area contributed by atoms with Crippen molar-refractivity contribution < 1.29 is 4.79 Å². The average Bonchev–Trinajstić information content (AvgIpc) is 3.64. The number of aromatic amines is 1. The Hall–Kier alpha value is -4.83. The summed E-state index contributed by atoms with van der Waals surface area (Å²) in [4.78, 5) is 32.6. The number of carbonyl (C=O) groups excluding carboxylic acids is 1. The Balaban J connectivity index is 1.22. The van der Waals surface area contributed by atoms with E-state index in [0.29, 0.717) is 24.0 Å². The number of pyridine rings is 1. The highest BCUT2D eigenvalue weighted by atomic mass is 16.2. The van der Waals surface area contributed by atoms with Gasteiger partial charge >= 0.3 is 0 Å². The Kier molecular flexibility index (Phi) is 5.71. The van der Waals surface area contributed by atoms with Crippen molar-refractivity contribution in [2.24, 2.45) is 7.05 Å². The van der Waals surface area contributed by atoms with Gasteiger partial charge in [-0.3, -0.25) is 14.5 Å². The molecule has 0 saturated carbocycles. The van der Waals surface area contributed by atoms with E-state index in [1.54, 1.807) is 4.68 Å². The third kappa shape index (κ3) is 4.04. The number of nitrogens with one attached hydrogen (secondary N) is 3. The minimum Gasteiger partial charge on any atom is -0.359 e. The first-order valence-electron chi connectivity index (χ1n) is 13.4. The average molecular weight is 532 g/mol. The molecule has 0 radical (unpaired) electrons. The number of para-hydroxylation sites is 1. The van der Waals surface area contributed by atoms with E-state index in [9.17, 15) is 4.79 Å². The van der Waals surface area contributed by atoms with Gasteiger partial charge in [-0.15, -0.1) is 0 Å². The summed E-state index contributed by atoms with van der Waals surface area (Å²) in [5.74, 6) is 1.08. The van der Waals surface area contributed by atoms with E-state index < -0.39 is 0 Å². The van der Waals surface area contributed by atoms with Crippen LogP contribution in [0.25, 0.3) is 27.7 Å². The zero-order chi connectivity index (χ0) is 27.4. The second-order valence-corrected chi connectivity index (χ2v) is 10.4. The van der Waals surface area contributed by atoms with Crippen molar-refractivity contribution in [1.82, 2.24) is 35.0 Å². The zero-order valence-electron chi connectivity index (χ0n) is 22.6. The van der Waals surface area contributed by atoms with E-state index in [0.717, 1.165) is 69.7 Å². The molecule has 0 fully saturated rings. The summed E-state index contributed by atoms with van der Waals surface area (Å²) in [6.07, 6.45) is 8.76. The molecular weight excluding hydrogens is 502 g/mol. The van der Waals surface area contributed by atoms with Crippen LogP contribution in [-0.2, 0) is 13.6 Å². The minimum absolute atomic E-state index is 0.0835. The Morgan fingerprint density at radius 1 is 1.07 bits per heavy atom. The van der Waals surface area contributed by atoms with Gasteiger partial charge in [0.25, 0.3) is 5.91 Å². The van der Waals surface area contributed by atoms with Gasteiger partial charge in [-0.1, -0.05) is 18.2 Å². The fourth-order valence-corrected chi connectivity index (χ4v) is 5.52. The number of anilines is 3. The standard InChI is InChI=1S/C30H29N9O/c1-17-13-34-30(35-25-11-18(2)38(3)37-25)36-26(17)23-15-33-28-22(23)5-4-6-24(28)39-16-21-12-20(14-32-27(21)29(39)40)19-7-9-31-10-8-19/h4-7,11-15,31,33H,8-10,16H2,1-3H3,(H,34,35,36,37). The maximum absolute atomic E-state index is 13.5. The van der Waals surface area contributed by atoms with Crippen LogP contribution in [0.3, 0.4) is 0 Å². The number of H-pyrrole nitrogens is 1. The fourth-order valence-electron chi connectivity index (χ4n) is 5.52. The first-order chi connectivity index (χ1) is 19.5. The topological polar surface area (TPSA) is 117 Å². The molecule has 0 bridgehead atoms. The van der Waals surface area contributed by atoms with Crippen LogP contribution in [0.2, 0.25) is 0 Å². The third-order valence-corrected chi connectivity index (χ3v) is 7.74. The molecule has 3 N–H and O–H groups in total. The lowest BCUT2D eigenvalue weighted by Crippen LogP contribution is -2.23. The SMILES string of the molecule is Cc1cnc(Nc2cc(C)n(C)n2)nc1-c1c[nH]c2c(N3Cc4cc(C5=CCNCC5)cnc4C3=O)cccc12. The van der Waals surface area contributed by atoms with E-state index >= 15 is 0 Å². The van der Waals surface area contributed by atoms with E-state index in [2.05, 4.69) is 48.9 Å². The Morgan fingerprint density at radius 3 is 2.77 bits per heavy atom. The van der Waals surface area contributed by atoms with Gasteiger partial charge in [0.05, 0.1) is 23.4 Å². The lowest BCUT2D eigenvalue weighted by Gasteiger charge is -2.16. The van der Waals surface area contributed by atoms with Gasteiger partial charge in [0.1, 0.15) is 5.69 Å². The summed E-state index contributed by atoms with van der Waals surface area (Å²) in [7, 11) is 1.90. The number of fused-ring (bicyclic) bond motifs is 2. The second kappa shape index (κ2) is 9.42. The fraction of sp³-hybridized carbons (Fsp3) is 0.233. The molecule has 1 amide bonds. The molecule has 40 heavy (non-hydrogen) atoms. The van der Waals surface area contributed by atoms with Crippen molar-refractivity contribution in [3.63, 3.8) is 0 Å². The largest absolute Gasteiger partial charge is 0.359 e.